The van der Waals surface area contributed by atoms with Crippen LogP contribution >= 0.6 is 12.4 Å². The molecule has 1 unspecified atom stereocenters. The Balaban J connectivity index is 0.00000288. The smallest absolute Gasteiger partial charge is 0.251 e. The van der Waals surface area contributed by atoms with Crippen LogP contribution in [0.25, 0.3) is 0 Å². The molecule has 1 aromatic carbocycles. The van der Waals surface area contributed by atoms with Gasteiger partial charge in [-0.1, -0.05) is 31.9 Å². The van der Waals surface area contributed by atoms with Crippen LogP contribution in [0.5, 0.6) is 0 Å². The molecule has 0 saturated heterocycles. The zero-order valence-corrected chi connectivity index (χ0v) is 15.0. The molecule has 1 aliphatic rings. The Kier molecular flexibility index (Phi) is 8.79. The molecule has 0 radical (unpaired) electrons. The van der Waals surface area contributed by atoms with E-state index in [1.807, 2.05) is 19.1 Å². The van der Waals surface area contributed by atoms with E-state index in [1.165, 1.54) is 0 Å². The number of nitrogens with one attached hydrogen (secondary N) is 2. The molecule has 24 heavy (non-hydrogen) atoms. The Morgan fingerprint density at radius 3 is 2.38 bits per heavy atom. The van der Waals surface area contributed by atoms with Crippen LogP contribution in [0.2, 0.25) is 0 Å². The Hall–Kier alpha value is -1.59. The van der Waals surface area contributed by atoms with E-state index in [9.17, 15) is 9.59 Å². The SMILES string of the molecule is CC(CN)CNC(=O)c1ccc(CNC(=O)C2CCCC2)cc1.Cl. The summed E-state index contributed by atoms with van der Waals surface area (Å²) in [4.78, 5) is 24.0. The van der Waals surface area contributed by atoms with E-state index < -0.39 is 0 Å². The first-order valence-electron chi connectivity index (χ1n) is 8.45. The largest absolute Gasteiger partial charge is 0.352 e. The zero-order chi connectivity index (χ0) is 16.7. The van der Waals surface area contributed by atoms with Crippen LogP contribution in [-0.2, 0) is 11.3 Å². The summed E-state index contributed by atoms with van der Waals surface area (Å²) in [6.45, 7) is 3.65. The number of nitrogens with two attached hydrogens (primary N) is 1. The Morgan fingerprint density at radius 1 is 1.17 bits per heavy atom. The predicted octanol–water partition coefficient (Wildman–Crippen LogP) is 2.24. The van der Waals surface area contributed by atoms with Crippen LogP contribution in [-0.4, -0.2) is 24.9 Å². The van der Waals surface area contributed by atoms with E-state index in [0.717, 1.165) is 31.2 Å². The molecule has 1 atom stereocenters. The molecule has 0 bridgehead atoms. The third-order valence-corrected chi connectivity index (χ3v) is 4.42. The number of rotatable bonds is 7. The van der Waals surface area contributed by atoms with Gasteiger partial charge in [0.2, 0.25) is 5.91 Å². The van der Waals surface area contributed by atoms with Gasteiger partial charge in [-0.2, -0.15) is 0 Å². The maximum atomic E-state index is 12.0. The molecule has 0 aromatic heterocycles. The van der Waals surface area contributed by atoms with Gasteiger partial charge in [-0.3, -0.25) is 9.59 Å². The van der Waals surface area contributed by atoms with Gasteiger partial charge in [0.25, 0.3) is 5.91 Å². The van der Waals surface area contributed by atoms with Crippen molar-refractivity contribution in [3.8, 4) is 0 Å². The molecular formula is C18H28ClN3O2. The molecule has 4 N–H and O–H groups in total. The third-order valence-electron chi connectivity index (χ3n) is 4.42. The van der Waals surface area contributed by atoms with Gasteiger partial charge >= 0.3 is 0 Å². The molecule has 0 aliphatic heterocycles. The summed E-state index contributed by atoms with van der Waals surface area (Å²) in [5.41, 5.74) is 7.16. The van der Waals surface area contributed by atoms with E-state index in [1.54, 1.807) is 12.1 Å². The minimum atomic E-state index is -0.0909. The lowest BCUT2D eigenvalue weighted by Gasteiger charge is -2.12. The molecule has 1 aliphatic carbocycles. The Bertz CT molecular complexity index is 528. The summed E-state index contributed by atoms with van der Waals surface area (Å²) in [6.07, 6.45) is 4.33. The minimum Gasteiger partial charge on any atom is -0.352 e. The third kappa shape index (κ3) is 6.13. The summed E-state index contributed by atoms with van der Waals surface area (Å²) < 4.78 is 0. The van der Waals surface area contributed by atoms with Gasteiger partial charge in [0, 0.05) is 24.6 Å². The molecule has 5 nitrogen and oxygen atoms in total. The number of carbonyl (C=O) groups excluding carboxylic acids is 2. The second-order valence-corrected chi connectivity index (χ2v) is 6.45. The highest BCUT2D eigenvalue weighted by atomic mass is 35.5. The van der Waals surface area contributed by atoms with Crippen molar-refractivity contribution in [3.63, 3.8) is 0 Å². The first-order valence-corrected chi connectivity index (χ1v) is 8.45. The second-order valence-electron chi connectivity index (χ2n) is 6.45. The molecular weight excluding hydrogens is 326 g/mol. The van der Waals surface area contributed by atoms with E-state index in [0.29, 0.717) is 25.2 Å². The second kappa shape index (κ2) is 10.3. The van der Waals surface area contributed by atoms with Crippen molar-refractivity contribution in [2.45, 2.75) is 39.2 Å². The zero-order valence-electron chi connectivity index (χ0n) is 14.2. The van der Waals surface area contributed by atoms with Crippen molar-refractivity contribution < 1.29 is 9.59 Å². The standard InChI is InChI=1S/C18H27N3O2.ClH/c1-13(10-19)11-20-18(23)16-8-6-14(7-9-16)12-21-17(22)15-4-2-3-5-15;/h6-9,13,15H,2-5,10-12,19H2,1H3,(H,20,23)(H,21,22);1H. The van der Waals surface area contributed by atoms with Gasteiger partial charge in [0.1, 0.15) is 0 Å². The fourth-order valence-electron chi connectivity index (χ4n) is 2.75. The van der Waals surface area contributed by atoms with Crippen LogP contribution in [0.3, 0.4) is 0 Å². The van der Waals surface area contributed by atoms with Gasteiger partial charge in [-0.05, 0) is 43.0 Å². The van der Waals surface area contributed by atoms with Crippen LogP contribution in [0, 0.1) is 11.8 Å². The number of carbonyl (C=O) groups is 2. The molecule has 2 rings (SSSR count). The summed E-state index contributed by atoms with van der Waals surface area (Å²) >= 11 is 0. The van der Waals surface area contributed by atoms with Crippen molar-refractivity contribution >= 4 is 24.2 Å². The monoisotopic (exact) mass is 353 g/mol. The molecule has 6 heteroatoms. The van der Waals surface area contributed by atoms with Crippen molar-refractivity contribution in [1.29, 1.82) is 0 Å². The molecule has 0 spiro atoms. The first kappa shape index (κ1) is 20.5. The number of amides is 2. The van der Waals surface area contributed by atoms with Gasteiger partial charge < -0.3 is 16.4 Å². The average molecular weight is 354 g/mol. The van der Waals surface area contributed by atoms with Crippen molar-refractivity contribution in [3.05, 3.63) is 35.4 Å². The average Bonchev–Trinajstić information content (AvgIpc) is 3.12. The van der Waals surface area contributed by atoms with Crippen molar-refractivity contribution in [2.24, 2.45) is 17.6 Å². The molecule has 1 saturated carbocycles. The molecule has 1 aromatic rings. The quantitative estimate of drug-likeness (QED) is 0.702. The van der Waals surface area contributed by atoms with Crippen LogP contribution in [0.1, 0.15) is 48.5 Å². The maximum Gasteiger partial charge on any atom is 0.251 e. The van der Waals surface area contributed by atoms with Crippen molar-refractivity contribution in [2.75, 3.05) is 13.1 Å². The van der Waals surface area contributed by atoms with E-state index in [2.05, 4.69) is 10.6 Å². The summed E-state index contributed by atoms with van der Waals surface area (Å²) in [7, 11) is 0. The summed E-state index contributed by atoms with van der Waals surface area (Å²) in [5, 5.41) is 5.85. The highest BCUT2D eigenvalue weighted by Gasteiger charge is 2.22. The van der Waals surface area contributed by atoms with E-state index in [-0.39, 0.29) is 36.1 Å². The van der Waals surface area contributed by atoms with Gasteiger partial charge in [0.05, 0.1) is 0 Å². The van der Waals surface area contributed by atoms with Gasteiger partial charge in [-0.15, -0.1) is 12.4 Å². The predicted molar refractivity (Wildman–Crippen MR) is 98.0 cm³/mol. The van der Waals surface area contributed by atoms with Gasteiger partial charge in [0.15, 0.2) is 0 Å². The summed E-state index contributed by atoms with van der Waals surface area (Å²) in [6, 6.07) is 7.35. The summed E-state index contributed by atoms with van der Waals surface area (Å²) in [5.74, 6) is 0.514. The maximum absolute atomic E-state index is 12.0. The Morgan fingerprint density at radius 2 is 1.79 bits per heavy atom. The molecule has 0 heterocycles. The van der Waals surface area contributed by atoms with E-state index >= 15 is 0 Å². The number of hydrogen-bond acceptors (Lipinski definition) is 3. The number of halogens is 1. The van der Waals surface area contributed by atoms with E-state index in [4.69, 9.17) is 5.73 Å². The lowest BCUT2D eigenvalue weighted by Crippen LogP contribution is -2.31. The molecule has 2 amide bonds. The molecule has 134 valence electrons. The Labute approximate surface area is 150 Å². The first-order chi connectivity index (χ1) is 11.1. The van der Waals surface area contributed by atoms with Crippen LogP contribution in [0.4, 0.5) is 0 Å². The molecule has 1 fully saturated rings. The topological polar surface area (TPSA) is 84.2 Å². The normalized spacial score (nSPS) is 15.4. The highest BCUT2D eigenvalue weighted by molar-refractivity contribution is 5.94. The fourth-order valence-corrected chi connectivity index (χ4v) is 2.75. The van der Waals surface area contributed by atoms with Crippen molar-refractivity contribution in [1.82, 2.24) is 10.6 Å². The number of hydrogen-bond donors (Lipinski definition) is 3. The van der Waals surface area contributed by atoms with Gasteiger partial charge in [-0.25, -0.2) is 0 Å². The van der Waals surface area contributed by atoms with Crippen LogP contribution < -0.4 is 16.4 Å². The lowest BCUT2D eigenvalue weighted by molar-refractivity contribution is -0.124. The minimum absolute atomic E-state index is 0. The fraction of sp³-hybridized carbons (Fsp3) is 0.556. The lowest BCUT2D eigenvalue weighted by atomic mass is 10.1. The number of benzene rings is 1. The van der Waals surface area contributed by atoms with Crippen LogP contribution in [0.15, 0.2) is 24.3 Å². The highest BCUT2D eigenvalue weighted by Crippen LogP contribution is 2.24.